The van der Waals surface area contributed by atoms with Crippen molar-refractivity contribution in [3.05, 3.63) is 28.8 Å². The number of nitrogens with zero attached hydrogens (tertiary/aromatic N) is 2. The van der Waals surface area contributed by atoms with Gasteiger partial charge in [0.25, 0.3) is 0 Å². The maximum Gasteiger partial charge on any atom is 0.0642 e. The average molecular weight is 332 g/mol. The number of halogens is 2. The first-order valence-electron chi connectivity index (χ1n) is 6.49. The molecule has 2 nitrogen and oxygen atoms in total. The lowest BCUT2D eigenvalue weighted by atomic mass is 10.1. The fourth-order valence-electron chi connectivity index (χ4n) is 2.69. The summed E-state index contributed by atoms with van der Waals surface area (Å²) in [4.78, 5) is 4.94. The monoisotopic (exact) mass is 330 g/mol. The molecule has 1 unspecified atom stereocenters. The summed E-state index contributed by atoms with van der Waals surface area (Å²) in [5.74, 6) is 0. The third-order valence-corrected chi connectivity index (χ3v) is 4.61. The Morgan fingerprint density at radius 3 is 2.78 bits per heavy atom. The number of likely N-dealkylation sites (N-methyl/N-ethyl adjacent to an activating group) is 1. The minimum Gasteiger partial charge on any atom is -0.367 e. The largest absolute Gasteiger partial charge is 0.367 e. The van der Waals surface area contributed by atoms with Gasteiger partial charge >= 0.3 is 0 Å². The Hall–Kier alpha value is -0.250. The molecule has 0 bridgehead atoms. The lowest BCUT2D eigenvalue weighted by molar-refractivity contribution is 0.199. The summed E-state index contributed by atoms with van der Waals surface area (Å²) in [5, 5.41) is 1.72. The quantitative estimate of drug-likeness (QED) is 0.778. The maximum absolute atomic E-state index is 6.38. The number of piperazine rings is 1. The van der Waals surface area contributed by atoms with E-state index in [9.17, 15) is 0 Å². The number of hydrogen-bond acceptors (Lipinski definition) is 2. The Morgan fingerprint density at radius 1 is 1.39 bits per heavy atom. The zero-order chi connectivity index (χ0) is 13.1. The highest BCUT2D eigenvalue weighted by molar-refractivity contribution is 9.08. The molecule has 1 aromatic rings. The molecule has 0 radical (unpaired) electrons. The molecule has 1 aliphatic rings. The van der Waals surface area contributed by atoms with Gasteiger partial charge in [-0.25, -0.2) is 0 Å². The van der Waals surface area contributed by atoms with E-state index in [1.165, 1.54) is 11.3 Å². The number of hydrogen-bond donors (Lipinski definition) is 0. The molecule has 1 fully saturated rings. The van der Waals surface area contributed by atoms with E-state index in [0.29, 0.717) is 6.04 Å². The van der Waals surface area contributed by atoms with Crippen LogP contribution in [0.3, 0.4) is 0 Å². The standard InChI is InChI=1S/C14H20BrClN2/c1-3-17-7-8-18(10-11(17)2)14-12(9-15)5-4-6-13(14)16/h4-6,11H,3,7-10H2,1-2H3. The van der Waals surface area contributed by atoms with Crippen LogP contribution in [0.15, 0.2) is 18.2 Å². The molecule has 0 aromatic heterocycles. The SMILES string of the molecule is CCN1CCN(c2c(Cl)cccc2CBr)CC1C. The number of benzene rings is 1. The highest BCUT2D eigenvalue weighted by Crippen LogP contribution is 2.32. The first kappa shape index (κ1) is 14.2. The minimum absolute atomic E-state index is 0.586. The fraction of sp³-hybridized carbons (Fsp3) is 0.571. The van der Waals surface area contributed by atoms with Gasteiger partial charge in [0.2, 0.25) is 0 Å². The smallest absolute Gasteiger partial charge is 0.0642 e. The maximum atomic E-state index is 6.38. The fourth-order valence-corrected chi connectivity index (χ4v) is 3.46. The van der Waals surface area contributed by atoms with Gasteiger partial charge in [0.15, 0.2) is 0 Å². The van der Waals surface area contributed by atoms with E-state index in [4.69, 9.17) is 11.6 Å². The predicted molar refractivity (Wildman–Crippen MR) is 83.0 cm³/mol. The van der Waals surface area contributed by atoms with Crippen LogP contribution in [0.5, 0.6) is 0 Å². The van der Waals surface area contributed by atoms with Gasteiger partial charge in [0, 0.05) is 31.0 Å². The summed E-state index contributed by atoms with van der Waals surface area (Å²) >= 11 is 9.94. The third kappa shape index (κ3) is 2.84. The van der Waals surface area contributed by atoms with E-state index in [1.807, 2.05) is 12.1 Å². The lowest BCUT2D eigenvalue weighted by Gasteiger charge is -2.41. The van der Waals surface area contributed by atoms with Crippen molar-refractivity contribution in [2.24, 2.45) is 0 Å². The minimum atomic E-state index is 0.586. The zero-order valence-electron chi connectivity index (χ0n) is 11.0. The van der Waals surface area contributed by atoms with Crippen molar-refractivity contribution < 1.29 is 0 Å². The third-order valence-electron chi connectivity index (χ3n) is 3.70. The Bertz CT molecular complexity index is 411. The summed E-state index contributed by atoms with van der Waals surface area (Å²) in [7, 11) is 0. The van der Waals surface area contributed by atoms with Gasteiger partial charge in [-0.1, -0.05) is 46.6 Å². The molecule has 100 valence electrons. The van der Waals surface area contributed by atoms with Crippen molar-refractivity contribution in [3.63, 3.8) is 0 Å². The van der Waals surface area contributed by atoms with Crippen LogP contribution in [0.25, 0.3) is 0 Å². The van der Waals surface area contributed by atoms with Crippen LogP contribution in [0.4, 0.5) is 5.69 Å². The predicted octanol–water partition coefficient (Wildman–Crippen LogP) is 3.77. The van der Waals surface area contributed by atoms with Gasteiger partial charge in [-0.2, -0.15) is 0 Å². The van der Waals surface area contributed by atoms with E-state index in [-0.39, 0.29) is 0 Å². The molecule has 4 heteroatoms. The van der Waals surface area contributed by atoms with Crippen LogP contribution in [-0.4, -0.2) is 37.1 Å². The van der Waals surface area contributed by atoms with Crippen molar-refractivity contribution >= 4 is 33.2 Å². The molecule has 1 aromatic carbocycles. The van der Waals surface area contributed by atoms with Gasteiger partial charge in [-0.05, 0) is 25.1 Å². The topological polar surface area (TPSA) is 6.48 Å². The van der Waals surface area contributed by atoms with E-state index >= 15 is 0 Å². The van der Waals surface area contributed by atoms with Gasteiger partial charge in [-0.3, -0.25) is 4.90 Å². The molecule has 1 atom stereocenters. The Morgan fingerprint density at radius 2 is 2.17 bits per heavy atom. The Balaban J connectivity index is 2.23. The van der Waals surface area contributed by atoms with E-state index in [0.717, 1.165) is 36.5 Å². The molecule has 1 aliphatic heterocycles. The van der Waals surface area contributed by atoms with Gasteiger partial charge in [0.1, 0.15) is 0 Å². The van der Waals surface area contributed by atoms with Crippen molar-refractivity contribution in [2.75, 3.05) is 31.1 Å². The second kappa shape index (κ2) is 6.27. The summed E-state index contributed by atoms with van der Waals surface area (Å²) in [6.45, 7) is 8.87. The van der Waals surface area contributed by atoms with Crippen LogP contribution >= 0.6 is 27.5 Å². The highest BCUT2D eigenvalue weighted by Gasteiger charge is 2.24. The molecule has 0 saturated carbocycles. The molecule has 2 rings (SSSR count). The molecule has 0 aliphatic carbocycles. The van der Waals surface area contributed by atoms with Crippen LogP contribution in [-0.2, 0) is 5.33 Å². The average Bonchev–Trinajstić information content (AvgIpc) is 2.38. The zero-order valence-corrected chi connectivity index (χ0v) is 13.3. The summed E-state index contributed by atoms with van der Waals surface area (Å²) in [5.41, 5.74) is 2.48. The van der Waals surface area contributed by atoms with Crippen molar-refractivity contribution in [2.45, 2.75) is 25.2 Å². The number of alkyl halides is 1. The normalized spacial score (nSPS) is 21.3. The van der Waals surface area contributed by atoms with Crippen LogP contribution < -0.4 is 4.90 Å². The van der Waals surface area contributed by atoms with Crippen molar-refractivity contribution in [1.82, 2.24) is 4.90 Å². The van der Waals surface area contributed by atoms with Crippen LogP contribution in [0.2, 0.25) is 5.02 Å². The number of para-hydroxylation sites is 1. The number of rotatable bonds is 3. The van der Waals surface area contributed by atoms with Crippen LogP contribution in [0, 0.1) is 0 Å². The second-order valence-corrected chi connectivity index (χ2v) is 5.77. The molecule has 0 spiro atoms. The molecular formula is C14H20BrClN2. The molecule has 18 heavy (non-hydrogen) atoms. The van der Waals surface area contributed by atoms with E-state index in [1.54, 1.807) is 0 Å². The lowest BCUT2D eigenvalue weighted by Crippen LogP contribution is -2.52. The van der Waals surface area contributed by atoms with Crippen LogP contribution in [0.1, 0.15) is 19.4 Å². The molecule has 1 saturated heterocycles. The molecule has 0 N–H and O–H groups in total. The van der Waals surface area contributed by atoms with Gasteiger partial charge in [0.05, 0.1) is 10.7 Å². The van der Waals surface area contributed by atoms with Crippen molar-refractivity contribution in [1.29, 1.82) is 0 Å². The molecular weight excluding hydrogens is 312 g/mol. The van der Waals surface area contributed by atoms with Gasteiger partial charge < -0.3 is 4.90 Å². The summed E-state index contributed by atoms with van der Waals surface area (Å²) in [6.07, 6.45) is 0. The van der Waals surface area contributed by atoms with Gasteiger partial charge in [-0.15, -0.1) is 0 Å². The molecule has 0 amide bonds. The molecule has 1 heterocycles. The highest BCUT2D eigenvalue weighted by atomic mass is 79.9. The summed E-state index contributed by atoms with van der Waals surface area (Å²) in [6, 6.07) is 6.74. The second-order valence-electron chi connectivity index (χ2n) is 4.80. The Kier molecular flexibility index (Phi) is 4.93. The number of anilines is 1. The summed E-state index contributed by atoms with van der Waals surface area (Å²) < 4.78 is 0. The van der Waals surface area contributed by atoms with E-state index in [2.05, 4.69) is 45.6 Å². The van der Waals surface area contributed by atoms with E-state index < -0.39 is 0 Å². The first-order valence-corrected chi connectivity index (χ1v) is 7.99. The van der Waals surface area contributed by atoms with Crippen molar-refractivity contribution in [3.8, 4) is 0 Å². The first-order chi connectivity index (χ1) is 8.67. The Labute approximate surface area is 123 Å².